The molecule has 1 heteroatoms. The highest BCUT2D eigenvalue weighted by Crippen LogP contribution is 2.50. The Morgan fingerprint density at radius 3 is 1.23 bits per heavy atom. The highest BCUT2D eigenvalue weighted by molar-refractivity contribution is 6.33. The SMILES string of the molecule is c1ccc(-c2ccc3c(c2)c2cc(-c4ccccc4)ccc2c2c(-c4ccccc4)c(-c4ccccc4)cc(-c4ccc(N(c5ccccc5)c5ccc6ccccc6c5)cc4)c32)cc1. The molecule has 0 aliphatic rings. The summed E-state index contributed by atoms with van der Waals surface area (Å²) in [6.07, 6.45) is 0. The molecule has 0 radical (unpaired) electrons. The average Bonchev–Trinajstić information content (AvgIpc) is 3.39. The molecule has 12 aromatic rings. The molecule has 0 saturated carbocycles. The van der Waals surface area contributed by atoms with Gasteiger partial charge in [0.1, 0.15) is 0 Å². The molecule has 0 aliphatic carbocycles. The van der Waals surface area contributed by atoms with Crippen LogP contribution >= 0.6 is 0 Å². The van der Waals surface area contributed by atoms with Gasteiger partial charge in [0.15, 0.2) is 0 Å². The second kappa shape index (κ2) is 16.3. The fourth-order valence-electron chi connectivity index (χ4n) is 9.93. The lowest BCUT2D eigenvalue weighted by atomic mass is 9.80. The lowest BCUT2D eigenvalue weighted by molar-refractivity contribution is 1.29. The summed E-state index contributed by atoms with van der Waals surface area (Å²) in [7, 11) is 0. The van der Waals surface area contributed by atoms with E-state index in [0.29, 0.717) is 0 Å². The molecule has 0 bridgehead atoms. The Labute approximate surface area is 379 Å². The van der Waals surface area contributed by atoms with Crippen LogP contribution in [-0.4, -0.2) is 0 Å². The monoisotopic (exact) mass is 825 g/mol. The minimum Gasteiger partial charge on any atom is -0.310 e. The standard InChI is InChI=1S/C64H43N/c1-6-18-44(19-7-1)51-33-38-56-60(41-51)61-42-52(45-20-8-2-9-21-45)34-39-57(61)64-62(49-25-12-4-13-26-49)58(47-23-10-3-11-24-47)43-59(63(56)64)48-31-35-54(36-32-48)65(53-28-14-5-15-29-53)55-37-30-46-22-16-17-27-50(46)40-55/h1-43H. The Hall–Kier alpha value is -8.52. The highest BCUT2D eigenvalue weighted by atomic mass is 15.1. The van der Waals surface area contributed by atoms with Crippen LogP contribution in [0.2, 0.25) is 0 Å². The molecule has 0 aromatic heterocycles. The first-order valence-electron chi connectivity index (χ1n) is 22.4. The molecule has 0 N–H and O–H groups in total. The summed E-state index contributed by atoms with van der Waals surface area (Å²) in [5, 5.41) is 9.90. The molecule has 1 nitrogen and oxygen atoms in total. The van der Waals surface area contributed by atoms with Crippen molar-refractivity contribution in [2.24, 2.45) is 0 Å². The summed E-state index contributed by atoms with van der Waals surface area (Å²) in [4.78, 5) is 2.36. The predicted molar refractivity (Wildman–Crippen MR) is 278 cm³/mol. The van der Waals surface area contributed by atoms with Gasteiger partial charge in [-0.1, -0.05) is 206 Å². The Morgan fingerprint density at radius 2 is 0.646 bits per heavy atom. The van der Waals surface area contributed by atoms with E-state index in [4.69, 9.17) is 0 Å². The van der Waals surface area contributed by atoms with E-state index in [9.17, 15) is 0 Å². The van der Waals surface area contributed by atoms with Crippen LogP contribution < -0.4 is 4.90 Å². The van der Waals surface area contributed by atoms with Crippen LogP contribution in [0.4, 0.5) is 17.1 Å². The number of hydrogen-bond acceptors (Lipinski definition) is 1. The van der Waals surface area contributed by atoms with E-state index in [1.165, 1.54) is 93.2 Å². The van der Waals surface area contributed by atoms with Gasteiger partial charge in [0.05, 0.1) is 0 Å². The van der Waals surface area contributed by atoms with Gasteiger partial charge in [0, 0.05) is 17.1 Å². The van der Waals surface area contributed by atoms with Gasteiger partial charge >= 0.3 is 0 Å². The third-order valence-electron chi connectivity index (χ3n) is 13.0. The molecular formula is C64H43N. The quantitative estimate of drug-likeness (QED) is 0.138. The molecule has 12 rings (SSSR count). The van der Waals surface area contributed by atoms with Crippen molar-refractivity contribution in [1.29, 1.82) is 0 Å². The number of nitrogens with zero attached hydrogens (tertiary/aromatic N) is 1. The van der Waals surface area contributed by atoms with E-state index in [1.54, 1.807) is 0 Å². The zero-order valence-electron chi connectivity index (χ0n) is 35.8. The molecule has 12 aromatic carbocycles. The van der Waals surface area contributed by atoms with E-state index >= 15 is 0 Å². The summed E-state index contributed by atoms with van der Waals surface area (Å²) < 4.78 is 0. The van der Waals surface area contributed by atoms with Crippen LogP contribution in [-0.2, 0) is 0 Å². The fraction of sp³-hybridized carbons (Fsp3) is 0. The maximum atomic E-state index is 2.46. The molecule has 0 spiro atoms. The predicted octanol–water partition coefficient (Wildman–Crippen LogP) is 18.1. The third kappa shape index (κ3) is 6.92. The van der Waals surface area contributed by atoms with E-state index in [1.807, 2.05) is 0 Å². The fourth-order valence-corrected chi connectivity index (χ4v) is 9.93. The van der Waals surface area contributed by atoms with Crippen molar-refractivity contribution in [3.63, 3.8) is 0 Å². The van der Waals surface area contributed by atoms with Crippen molar-refractivity contribution in [3.05, 3.63) is 261 Å². The first-order chi connectivity index (χ1) is 32.2. The summed E-state index contributed by atoms with van der Waals surface area (Å²) in [6.45, 7) is 0. The minimum atomic E-state index is 1.10. The Balaban J connectivity index is 1.17. The van der Waals surface area contributed by atoms with Gasteiger partial charge in [0.2, 0.25) is 0 Å². The summed E-state index contributed by atoms with van der Waals surface area (Å²) in [5.41, 5.74) is 15.3. The van der Waals surface area contributed by atoms with Gasteiger partial charge < -0.3 is 4.90 Å². The molecule has 0 unspecified atom stereocenters. The number of rotatable bonds is 8. The van der Waals surface area contributed by atoms with Gasteiger partial charge in [-0.15, -0.1) is 0 Å². The van der Waals surface area contributed by atoms with Crippen molar-refractivity contribution >= 4 is 60.2 Å². The van der Waals surface area contributed by atoms with Crippen molar-refractivity contribution in [1.82, 2.24) is 0 Å². The number of benzene rings is 12. The maximum absolute atomic E-state index is 2.46. The van der Waals surface area contributed by atoms with Crippen LogP contribution in [0.3, 0.4) is 0 Å². The van der Waals surface area contributed by atoms with Crippen LogP contribution in [0.1, 0.15) is 0 Å². The molecule has 0 heterocycles. The van der Waals surface area contributed by atoms with E-state index in [0.717, 1.165) is 22.6 Å². The van der Waals surface area contributed by atoms with Crippen LogP contribution in [0.15, 0.2) is 261 Å². The first kappa shape index (κ1) is 38.2. The smallest absolute Gasteiger partial charge is 0.0468 e. The van der Waals surface area contributed by atoms with Crippen molar-refractivity contribution in [3.8, 4) is 55.6 Å². The number of anilines is 3. The van der Waals surface area contributed by atoms with Gasteiger partial charge in [-0.2, -0.15) is 0 Å². The number of hydrogen-bond donors (Lipinski definition) is 0. The molecule has 0 aliphatic heterocycles. The number of fused-ring (bicyclic) bond motifs is 7. The Bertz CT molecular complexity index is 3660. The molecule has 0 atom stereocenters. The summed E-state index contributed by atoms with van der Waals surface area (Å²) in [6, 6.07) is 95.4. The highest BCUT2D eigenvalue weighted by Gasteiger charge is 2.23. The van der Waals surface area contributed by atoms with E-state index in [-0.39, 0.29) is 0 Å². The first-order valence-corrected chi connectivity index (χ1v) is 22.4. The van der Waals surface area contributed by atoms with Gasteiger partial charge in [0.25, 0.3) is 0 Å². The maximum Gasteiger partial charge on any atom is 0.0468 e. The molecule has 0 fully saturated rings. The van der Waals surface area contributed by atoms with Gasteiger partial charge in [-0.25, -0.2) is 0 Å². The number of para-hydroxylation sites is 1. The summed E-state index contributed by atoms with van der Waals surface area (Å²) >= 11 is 0. The average molecular weight is 826 g/mol. The zero-order chi connectivity index (χ0) is 43.1. The largest absolute Gasteiger partial charge is 0.310 e. The second-order valence-electron chi connectivity index (χ2n) is 16.8. The third-order valence-corrected chi connectivity index (χ3v) is 13.0. The van der Waals surface area contributed by atoms with Crippen LogP contribution in [0.25, 0.3) is 98.7 Å². The van der Waals surface area contributed by atoms with Crippen molar-refractivity contribution in [2.45, 2.75) is 0 Å². The molecule has 0 amide bonds. The normalized spacial score (nSPS) is 11.4. The summed E-state index contributed by atoms with van der Waals surface area (Å²) in [5.74, 6) is 0. The van der Waals surface area contributed by atoms with Crippen LogP contribution in [0.5, 0.6) is 0 Å². The van der Waals surface area contributed by atoms with E-state index < -0.39 is 0 Å². The lowest BCUT2D eigenvalue weighted by Crippen LogP contribution is -2.09. The molecule has 304 valence electrons. The molecule has 0 saturated heterocycles. The topological polar surface area (TPSA) is 3.24 Å². The Kier molecular flexibility index (Phi) is 9.58. The minimum absolute atomic E-state index is 1.10. The Morgan fingerprint density at radius 1 is 0.215 bits per heavy atom. The molecular weight excluding hydrogens is 783 g/mol. The second-order valence-corrected chi connectivity index (χ2v) is 16.8. The lowest BCUT2D eigenvalue weighted by Gasteiger charge is -2.26. The van der Waals surface area contributed by atoms with Crippen molar-refractivity contribution in [2.75, 3.05) is 4.90 Å². The van der Waals surface area contributed by atoms with Crippen LogP contribution in [0, 0.1) is 0 Å². The van der Waals surface area contributed by atoms with E-state index in [2.05, 4.69) is 266 Å². The van der Waals surface area contributed by atoms with Gasteiger partial charge in [-0.3, -0.25) is 0 Å². The zero-order valence-corrected chi connectivity index (χ0v) is 35.8. The van der Waals surface area contributed by atoms with Gasteiger partial charge in [-0.05, 0) is 153 Å². The molecule has 65 heavy (non-hydrogen) atoms. The van der Waals surface area contributed by atoms with Crippen molar-refractivity contribution < 1.29 is 0 Å².